The minimum atomic E-state index is -4.28. The number of benzene rings is 1. The van der Waals surface area contributed by atoms with Crippen LogP contribution >= 0.6 is 44.6 Å². The molecular weight excluding hydrogens is 512 g/mol. The first kappa shape index (κ1) is 20.7. The van der Waals surface area contributed by atoms with E-state index in [1.54, 1.807) is 0 Å². The molecule has 0 aromatic heterocycles. The summed E-state index contributed by atoms with van der Waals surface area (Å²) >= 11 is 5.68. The van der Waals surface area contributed by atoms with Crippen LogP contribution in [0, 0.1) is 0 Å². The Kier molecular flexibility index (Phi) is 5.86. The Morgan fingerprint density at radius 3 is 2.26 bits per heavy atom. The second-order valence-corrected chi connectivity index (χ2v) is 49.9. The fraction of sp³-hybridized carbons (Fsp3) is 0.500. The van der Waals surface area contributed by atoms with E-state index in [1.807, 2.05) is 12.1 Å². The van der Waals surface area contributed by atoms with E-state index in [-0.39, 0.29) is 9.16 Å². The van der Waals surface area contributed by atoms with Crippen LogP contribution in [0.25, 0.3) is 6.08 Å². The van der Waals surface area contributed by atoms with Crippen molar-refractivity contribution in [2.45, 2.75) is 50.0 Å². The molecule has 2 rings (SSSR count). The summed E-state index contributed by atoms with van der Waals surface area (Å²) in [5.41, 5.74) is 3.47. The standard InChI is InChI=1S/C10H7BrCl.C4H10N.C2H7Si.2ClH.Zr/c1-6-2-7-4-8(12)5-10(11)9(7)3-6;1-4(2,3)5;1-3-2;;;/h2-5H,1H3;5H,1-3H3;3H,1-2H3;2*1H;/q;-1;;;;+3/p-2. The predicted molar refractivity (Wildman–Crippen MR) is 109 cm³/mol. The molecule has 1 aromatic rings. The van der Waals surface area contributed by atoms with Crippen LogP contribution in [-0.4, -0.2) is 11.5 Å². The Hall–Kier alpha value is 1.37. The molecule has 0 fully saturated rings. The summed E-state index contributed by atoms with van der Waals surface area (Å²) in [7, 11) is 14.9. The van der Waals surface area contributed by atoms with Gasteiger partial charge in [-0.05, 0) is 0 Å². The molecule has 0 heterocycles. The van der Waals surface area contributed by atoms with Crippen LogP contribution in [0.4, 0.5) is 0 Å². The summed E-state index contributed by atoms with van der Waals surface area (Å²) in [6.07, 6.45) is 2.21. The molecule has 1 aliphatic carbocycles. The van der Waals surface area contributed by atoms with Gasteiger partial charge in [-0.15, -0.1) is 0 Å². The van der Waals surface area contributed by atoms with Crippen molar-refractivity contribution in [1.29, 1.82) is 0 Å². The Morgan fingerprint density at radius 2 is 1.78 bits per heavy atom. The maximum absolute atomic E-state index is 7.47. The third-order valence-electron chi connectivity index (χ3n) is 4.47. The van der Waals surface area contributed by atoms with E-state index >= 15 is 0 Å². The van der Waals surface area contributed by atoms with Crippen LogP contribution in [0.5, 0.6) is 0 Å². The fourth-order valence-corrected chi connectivity index (χ4v) is 32.6. The average molecular weight is 536 g/mol. The average Bonchev–Trinajstić information content (AvgIpc) is 2.63. The van der Waals surface area contributed by atoms with Crippen molar-refractivity contribution in [1.82, 2.24) is 3.26 Å². The van der Waals surface area contributed by atoms with E-state index in [2.05, 4.69) is 66.1 Å². The second-order valence-electron chi connectivity index (χ2n) is 7.89. The Balaban J connectivity index is 2.71. The van der Waals surface area contributed by atoms with E-state index in [1.165, 1.54) is 16.7 Å². The van der Waals surface area contributed by atoms with Crippen molar-refractivity contribution < 1.29 is 15.8 Å². The van der Waals surface area contributed by atoms with Gasteiger partial charge in [0.05, 0.1) is 0 Å². The first-order valence-electron chi connectivity index (χ1n) is 7.80. The predicted octanol–water partition coefficient (Wildman–Crippen LogP) is 6.84. The van der Waals surface area contributed by atoms with Gasteiger partial charge in [-0.2, -0.15) is 0 Å². The molecule has 7 heteroatoms. The number of hydrogen-bond donors (Lipinski definition) is 1. The quantitative estimate of drug-likeness (QED) is 0.418. The molecule has 0 bridgehead atoms. The van der Waals surface area contributed by atoms with E-state index in [9.17, 15) is 0 Å². The number of allylic oxidation sites excluding steroid dienone is 1. The Bertz CT molecular complexity index is 683. The normalized spacial score (nSPS) is 20.2. The zero-order chi connectivity index (χ0) is 17.8. The maximum atomic E-state index is 7.47. The van der Waals surface area contributed by atoms with Crippen LogP contribution in [0.2, 0.25) is 18.1 Å². The number of fused-ring (bicyclic) bond motifs is 1. The van der Waals surface area contributed by atoms with Crippen LogP contribution in [0.3, 0.4) is 0 Å². The van der Waals surface area contributed by atoms with Crippen LogP contribution in [0.1, 0.15) is 42.4 Å². The van der Waals surface area contributed by atoms with Gasteiger partial charge in [0.15, 0.2) is 0 Å². The summed E-state index contributed by atoms with van der Waals surface area (Å²) < 4.78 is 4.85. The summed E-state index contributed by atoms with van der Waals surface area (Å²) in [4.78, 5) is 0. The number of hydrogen-bond acceptors (Lipinski definition) is 1. The van der Waals surface area contributed by atoms with Crippen molar-refractivity contribution in [3.63, 3.8) is 0 Å². The molecule has 1 atom stereocenters. The molecule has 0 radical (unpaired) electrons. The van der Waals surface area contributed by atoms with Gasteiger partial charge in [-0.3, -0.25) is 0 Å². The minimum absolute atomic E-state index is 0.0793. The van der Waals surface area contributed by atoms with E-state index in [0.29, 0.717) is 0 Å². The first-order valence-corrected chi connectivity index (χ1v) is 25.1. The fourth-order valence-electron chi connectivity index (χ4n) is 3.52. The molecule has 0 saturated carbocycles. The monoisotopic (exact) mass is 532 g/mol. The van der Waals surface area contributed by atoms with Gasteiger partial charge in [0, 0.05) is 0 Å². The third kappa shape index (κ3) is 3.89. The molecule has 1 aliphatic rings. The number of rotatable bonds is 3. The summed E-state index contributed by atoms with van der Waals surface area (Å²) in [5, 5.41) is 0.718. The molecule has 23 heavy (non-hydrogen) atoms. The molecule has 0 saturated heterocycles. The van der Waals surface area contributed by atoms with E-state index < -0.39 is 21.8 Å². The first-order chi connectivity index (χ1) is 10.3. The molecule has 0 aliphatic heterocycles. The van der Waals surface area contributed by atoms with Crippen molar-refractivity contribution in [2.24, 2.45) is 0 Å². The van der Waals surface area contributed by atoms with Gasteiger partial charge in [0.1, 0.15) is 0 Å². The van der Waals surface area contributed by atoms with E-state index in [0.717, 1.165) is 9.50 Å². The zero-order valence-corrected chi connectivity index (χ0v) is 21.9. The zero-order valence-electron chi connectivity index (χ0n) is 14.4. The van der Waals surface area contributed by atoms with Gasteiger partial charge in [0.25, 0.3) is 0 Å². The van der Waals surface area contributed by atoms with E-state index in [4.69, 9.17) is 28.6 Å². The van der Waals surface area contributed by atoms with Crippen molar-refractivity contribution in [2.75, 3.05) is 0 Å². The second kappa shape index (κ2) is 6.51. The molecule has 0 amide bonds. The Morgan fingerprint density at radius 1 is 1.22 bits per heavy atom. The topological polar surface area (TPSA) is 12.0 Å². The van der Waals surface area contributed by atoms with Gasteiger partial charge >= 0.3 is 164 Å². The SMILES string of the molecule is CC1=Cc2c(Br)cc(Cl)cc2[CH]1[Zr]([Cl])([Cl])([NH]C(C)(C)C)[SiH](C)C. The summed E-state index contributed by atoms with van der Waals surface area (Å²) in [6.45, 7) is 13.1. The summed E-state index contributed by atoms with van der Waals surface area (Å²) in [6, 6.07) is 3.97. The van der Waals surface area contributed by atoms with Gasteiger partial charge in [0.2, 0.25) is 0 Å². The molecule has 1 N–H and O–H groups in total. The van der Waals surface area contributed by atoms with Crippen LogP contribution < -0.4 is 3.26 Å². The number of halogens is 4. The molecular formula is C16H24BrCl3NSiZr. The summed E-state index contributed by atoms with van der Waals surface area (Å²) in [5.74, 6) is -1.37. The Labute approximate surface area is 162 Å². The van der Waals surface area contributed by atoms with Gasteiger partial charge in [-0.25, -0.2) is 0 Å². The molecule has 0 spiro atoms. The van der Waals surface area contributed by atoms with Crippen LogP contribution in [-0.2, 0) is 15.8 Å². The van der Waals surface area contributed by atoms with Crippen molar-refractivity contribution >= 4 is 56.6 Å². The molecule has 129 valence electrons. The van der Waals surface area contributed by atoms with Crippen LogP contribution in [0.15, 0.2) is 22.2 Å². The van der Waals surface area contributed by atoms with Crippen molar-refractivity contribution in [3.8, 4) is 0 Å². The number of nitrogens with one attached hydrogen (secondary N) is 1. The molecule has 1 aromatic carbocycles. The third-order valence-corrected chi connectivity index (χ3v) is 52.6. The van der Waals surface area contributed by atoms with Gasteiger partial charge < -0.3 is 0 Å². The molecule has 1 nitrogen and oxygen atoms in total. The molecule has 1 unspecified atom stereocenters. The van der Waals surface area contributed by atoms with Crippen molar-refractivity contribution in [3.05, 3.63) is 38.3 Å². The van der Waals surface area contributed by atoms with Gasteiger partial charge in [-0.1, -0.05) is 0 Å².